The lowest BCUT2D eigenvalue weighted by Gasteiger charge is -2.33. The van der Waals surface area contributed by atoms with E-state index in [1.165, 1.54) is 25.3 Å². The van der Waals surface area contributed by atoms with Gasteiger partial charge in [0.05, 0.1) is 31.4 Å². The number of morpholine rings is 1. The predicted octanol–water partition coefficient (Wildman–Crippen LogP) is 2.95. The third kappa shape index (κ3) is 3.92. The summed E-state index contributed by atoms with van der Waals surface area (Å²) in [6, 6.07) is 8.44. The molecule has 2 heterocycles. The zero-order valence-electron chi connectivity index (χ0n) is 14.2. The number of hydrogen-bond donors (Lipinski definition) is 0. The summed E-state index contributed by atoms with van der Waals surface area (Å²) in [6.07, 6.45) is 3.99. The standard InChI is InChI=1S/C18H18N2O6/c1-24-18(21)7-5-13-4-6-14(15(11-13)20(22)23)19-8-10-26-17(12-19)16-3-2-9-25-16/h2-7,9,11,17H,8,10,12H2,1H3/b7-5+. The molecule has 0 N–H and O–H groups in total. The molecule has 1 aromatic carbocycles. The van der Waals surface area contributed by atoms with Gasteiger partial charge in [-0.15, -0.1) is 0 Å². The first kappa shape index (κ1) is 17.7. The Hall–Kier alpha value is -3.13. The summed E-state index contributed by atoms with van der Waals surface area (Å²) in [6.45, 7) is 1.42. The van der Waals surface area contributed by atoms with Gasteiger partial charge >= 0.3 is 5.97 Å². The van der Waals surface area contributed by atoms with E-state index in [9.17, 15) is 14.9 Å². The van der Waals surface area contributed by atoms with Crippen LogP contribution in [-0.4, -0.2) is 37.7 Å². The first-order valence-corrected chi connectivity index (χ1v) is 8.03. The quantitative estimate of drug-likeness (QED) is 0.351. The lowest BCUT2D eigenvalue weighted by atomic mass is 10.1. The molecule has 0 saturated carbocycles. The van der Waals surface area contributed by atoms with E-state index in [2.05, 4.69) is 4.74 Å². The van der Waals surface area contributed by atoms with E-state index in [-0.39, 0.29) is 11.8 Å². The monoisotopic (exact) mass is 358 g/mol. The molecule has 0 aliphatic carbocycles. The number of anilines is 1. The summed E-state index contributed by atoms with van der Waals surface area (Å²) < 4.78 is 15.6. The first-order chi connectivity index (χ1) is 12.6. The molecule has 8 heteroatoms. The Morgan fingerprint density at radius 1 is 1.42 bits per heavy atom. The van der Waals surface area contributed by atoms with Crippen molar-refractivity contribution in [3.8, 4) is 0 Å². The van der Waals surface area contributed by atoms with Crippen LogP contribution in [0.2, 0.25) is 0 Å². The number of carbonyl (C=O) groups is 1. The van der Waals surface area contributed by atoms with E-state index < -0.39 is 10.9 Å². The van der Waals surface area contributed by atoms with Crippen LogP contribution < -0.4 is 4.90 Å². The molecule has 136 valence electrons. The van der Waals surface area contributed by atoms with Gasteiger partial charge in [-0.1, -0.05) is 6.07 Å². The van der Waals surface area contributed by atoms with Crippen LogP contribution in [0.1, 0.15) is 17.4 Å². The minimum atomic E-state index is -0.522. The maximum Gasteiger partial charge on any atom is 0.330 e. The van der Waals surface area contributed by atoms with E-state index in [1.807, 2.05) is 11.0 Å². The second-order valence-corrected chi connectivity index (χ2v) is 5.68. The maximum atomic E-state index is 11.5. The number of carbonyl (C=O) groups excluding carboxylic acids is 1. The van der Waals surface area contributed by atoms with Gasteiger partial charge in [-0.05, 0) is 29.8 Å². The van der Waals surface area contributed by atoms with Gasteiger partial charge in [0.1, 0.15) is 17.6 Å². The second kappa shape index (κ2) is 7.83. The van der Waals surface area contributed by atoms with Crippen molar-refractivity contribution in [1.29, 1.82) is 0 Å². The Morgan fingerprint density at radius 2 is 2.27 bits per heavy atom. The molecule has 0 spiro atoms. The summed E-state index contributed by atoms with van der Waals surface area (Å²) in [5, 5.41) is 11.5. The predicted molar refractivity (Wildman–Crippen MR) is 93.8 cm³/mol. The van der Waals surface area contributed by atoms with Crippen LogP contribution in [0, 0.1) is 10.1 Å². The fourth-order valence-corrected chi connectivity index (χ4v) is 2.80. The fourth-order valence-electron chi connectivity index (χ4n) is 2.80. The molecular weight excluding hydrogens is 340 g/mol. The summed E-state index contributed by atoms with van der Waals surface area (Å²) in [5.74, 6) is 0.168. The first-order valence-electron chi connectivity index (χ1n) is 8.03. The number of nitrogens with zero attached hydrogens (tertiary/aromatic N) is 2. The van der Waals surface area contributed by atoms with E-state index >= 15 is 0 Å². The number of methoxy groups -OCH3 is 1. The largest absolute Gasteiger partial charge is 0.467 e. The van der Waals surface area contributed by atoms with Crippen molar-refractivity contribution in [2.75, 3.05) is 31.7 Å². The van der Waals surface area contributed by atoms with Crippen LogP contribution in [0.25, 0.3) is 6.08 Å². The van der Waals surface area contributed by atoms with Gasteiger partial charge in [0, 0.05) is 18.7 Å². The van der Waals surface area contributed by atoms with Crippen LogP contribution in [-0.2, 0) is 14.3 Å². The van der Waals surface area contributed by atoms with Crippen molar-refractivity contribution in [2.45, 2.75) is 6.10 Å². The van der Waals surface area contributed by atoms with Crippen molar-refractivity contribution >= 4 is 23.4 Å². The summed E-state index contributed by atoms with van der Waals surface area (Å²) in [5.41, 5.74) is 1.02. The number of hydrogen-bond acceptors (Lipinski definition) is 7. The minimum absolute atomic E-state index is 0.0305. The van der Waals surface area contributed by atoms with Crippen molar-refractivity contribution in [3.63, 3.8) is 0 Å². The van der Waals surface area contributed by atoms with Gasteiger partial charge in [0.2, 0.25) is 0 Å². The smallest absolute Gasteiger partial charge is 0.330 e. The molecule has 1 aliphatic heterocycles. The topological polar surface area (TPSA) is 95.0 Å². The highest BCUT2D eigenvalue weighted by Gasteiger charge is 2.28. The zero-order chi connectivity index (χ0) is 18.5. The van der Waals surface area contributed by atoms with Crippen LogP contribution in [0.5, 0.6) is 0 Å². The van der Waals surface area contributed by atoms with Crippen LogP contribution >= 0.6 is 0 Å². The van der Waals surface area contributed by atoms with Crippen LogP contribution in [0.4, 0.5) is 11.4 Å². The third-order valence-corrected chi connectivity index (χ3v) is 4.08. The van der Waals surface area contributed by atoms with Gasteiger partial charge in [-0.25, -0.2) is 4.79 Å². The van der Waals surface area contributed by atoms with E-state index in [0.717, 1.165) is 0 Å². The second-order valence-electron chi connectivity index (χ2n) is 5.68. The highest BCUT2D eigenvalue weighted by Crippen LogP contribution is 2.33. The third-order valence-electron chi connectivity index (χ3n) is 4.08. The number of furan rings is 1. The molecule has 26 heavy (non-hydrogen) atoms. The van der Waals surface area contributed by atoms with E-state index in [1.54, 1.807) is 24.5 Å². The summed E-state index contributed by atoms with van der Waals surface area (Å²) in [4.78, 5) is 24.2. The molecular formula is C18H18N2O6. The Kier molecular flexibility index (Phi) is 5.33. The maximum absolute atomic E-state index is 11.5. The summed E-state index contributed by atoms with van der Waals surface area (Å²) >= 11 is 0. The van der Waals surface area contributed by atoms with Crippen molar-refractivity contribution in [1.82, 2.24) is 0 Å². The molecule has 1 saturated heterocycles. The number of benzene rings is 1. The Balaban J connectivity index is 1.85. The Labute approximate surface area is 149 Å². The highest BCUT2D eigenvalue weighted by molar-refractivity contribution is 5.87. The zero-order valence-corrected chi connectivity index (χ0v) is 14.2. The molecule has 1 atom stereocenters. The van der Waals surface area contributed by atoms with Crippen molar-refractivity contribution in [2.24, 2.45) is 0 Å². The lowest BCUT2D eigenvalue weighted by molar-refractivity contribution is -0.384. The van der Waals surface area contributed by atoms with Crippen molar-refractivity contribution in [3.05, 3.63) is 64.1 Å². The number of nitro benzene ring substituents is 1. The van der Waals surface area contributed by atoms with Gasteiger partial charge in [0.25, 0.3) is 5.69 Å². The number of nitro groups is 1. The van der Waals surface area contributed by atoms with E-state index in [4.69, 9.17) is 9.15 Å². The molecule has 0 amide bonds. The Bertz CT molecular complexity index is 815. The molecule has 1 fully saturated rings. The number of esters is 1. The van der Waals surface area contributed by atoms with Crippen LogP contribution in [0.3, 0.4) is 0 Å². The minimum Gasteiger partial charge on any atom is -0.467 e. The molecule has 3 rings (SSSR count). The number of rotatable bonds is 5. The molecule has 1 aliphatic rings. The highest BCUT2D eigenvalue weighted by atomic mass is 16.6. The molecule has 0 bridgehead atoms. The van der Waals surface area contributed by atoms with Crippen molar-refractivity contribution < 1.29 is 23.6 Å². The Morgan fingerprint density at radius 3 is 2.96 bits per heavy atom. The molecule has 1 aromatic heterocycles. The molecule has 1 unspecified atom stereocenters. The van der Waals surface area contributed by atoms with Gasteiger partial charge in [-0.3, -0.25) is 10.1 Å². The van der Waals surface area contributed by atoms with Gasteiger partial charge in [-0.2, -0.15) is 0 Å². The van der Waals surface area contributed by atoms with E-state index in [0.29, 0.717) is 36.7 Å². The average molecular weight is 358 g/mol. The average Bonchev–Trinajstić information content (AvgIpc) is 3.20. The molecule has 8 nitrogen and oxygen atoms in total. The molecule has 0 radical (unpaired) electrons. The summed E-state index contributed by atoms with van der Waals surface area (Å²) in [7, 11) is 1.27. The number of ether oxygens (including phenoxy) is 2. The van der Waals surface area contributed by atoms with Gasteiger partial charge in [0.15, 0.2) is 0 Å². The normalized spacial score (nSPS) is 17.4. The van der Waals surface area contributed by atoms with Gasteiger partial charge < -0.3 is 18.8 Å². The molecule has 2 aromatic rings. The SMILES string of the molecule is COC(=O)/C=C/c1ccc(N2CCOC(c3ccco3)C2)c([N+](=O)[O-])c1. The van der Waals surface area contributed by atoms with Crippen LogP contribution in [0.15, 0.2) is 47.1 Å². The lowest BCUT2D eigenvalue weighted by Crippen LogP contribution is -2.38. The fraction of sp³-hybridized carbons (Fsp3) is 0.278.